The summed E-state index contributed by atoms with van der Waals surface area (Å²) in [6, 6.07) is 6.93. The van der Waals surface area contributed by atoms with Crippen LogP contribution in [0, 0.1) is 6.92 Å². The molecule has 82 valence electrons. The summed E-state index contributed by atoms with van der Waals surface area (Å²) in [5.74, 6) is 0. The maximum atomic E-state index is 4.65. The molecule has 15 heavy (non-hydrogen) atoms. The molecule has 1 fully saturated rings. The van der Waals surface area contributed by atoms with E-state index in [-0.39, 0.29) is 0 Å². The predicted molar refractivity (Wildman–Crippen MR) is 62.8 cm³/mol. The number of likely N-dealkylation sites (tertiary alicyclic amines) is 1. The molecule has 2 nitrogen and oxygen atoms in total. The normalized spacial score (nSPS) is 22.9. The van der Waals surface area contributed by atoms with E-state index in [1.807, 2.05) is 0 Å². The van der Waals surface area contributed by atoms with E-state index in [1.54, 1.807) is 0 Å². The minimum Gasteiger partial charge on any atom is -0.295 e. The lowest BCUT2D eigenvalue weighted by Crippen LogP contribution is -2.33. The molecule has 0 unspecified atom stereocenters. The summed E-state index contributed by atoms with van der Waals surface area (Å²) in [6.45, 7) is 6.69. The summed E-state index contributed by atoms with van der Waals surface area (Å²) < 4.78 is 0. The van der Waals surface area contributed by atoms with Crippen LogP contribution in [-0.2, 0) is 0 Å². The zero-order valence-electron chi connectivity index (χ0n) is 9.74. The Hall–Kier alpha value is -0.890. The van der Waals surface area contributed by atoms with Crippen LogP contribution >= 0.6 is 0 Å². The van der Waals surface area contributed by atoms with Gasteiger partial charge in [-0.2, -0.15) is 0 Å². The smallest absolute Gasteiger partial charge is 0.0578 e. The average Bonchev–Trinajstić information content (AvgIpc) is 2.29. The second kappa shape index (κ2) is 4.75. The molecule has 0 bridgehead atoms. The number of aromatic nitrogens is 1. The first-order valence-electron chi connectivity index (χ1n) is 5.99. The Kier molecular flexibility index (Phi) is 3.37. The number of piperidine rings is 1. The Morgan fingerprint density at radius 2 is 2.27 bits per heavy atom. The predicted octanol–water partition coefficient (Wildman–Crippen LogP) is 2.94. The van der Waals surface area contributed by atoms with Gasteiger partial charge in [0.1, 0.15) is 0 Å². The highest BCUT2D eigenvalue weighted by atomic mass is 15.2. The molecule has 1 aliphatic rings. The summed E-state index contributed by atoms with van der Waals surface area (Å²) in [5, 5.41) is 0. The Morgan fingerprint density at radius 1 is 1.40 bits per heavy atom. The highest BCUT2D eigenvalue weighted by Gasteiger charge is 2.23. The Morgan fingerprint density at radius 3 is 3.00 bits per heavy atom. The van der Waals surface area contributed by atoms with E-state index >= 15 is 0 Å². The Balaban J connectivity index is 2.20. The van der Waals surface area contributed by atoms with Crippen LogP contribution in [0.15, 0.2) is 18.2 Å². The van der Waals surface area contributed by atoms with Gasteiger partial charge in [0, 0.05) is 5.69 Å². The molecule has 1 aromatic heterocycles. The van der Waals surface area contributed by atoms with Crippen LogP contribution in [0.4, 0.5) is 0 Å². The van der Waals surface area contributed by atoms with Gasteiger partial charge in [-0.15, -0.1) is 0 Å². The molecule has 0 saturated carbocycles. The second-order valence-corrected chi connectivity index (χ2v) is 4.34. The number of hydrogen-bond acceptors (Lipinski definition) is 2. The molecule has 2 heterocycles. The maximum Gasteiger partial charge on any atom is 0.0578 e. The standard InChI is InChI=1S/C13H20N2/c1-3-15-10-5-4-9-13(15)12-8-6-7-11(2)14-12/h6-8,13H,3-5,9-10H2,1-2H3/t13-/m1/s1. The minimum absolute atomic E-state index is 0.559. The van der Waals surface area contributed by atoms with E-state index < -0.39 is 0 Å². The van der Waals surface area contributed by atoms with Crippen molar-refractivity contribution >= 4 is 0 Å². The van der Waals surface area contributed by atoms with Crippen LogP contribution in [0.25, 0.3) is 0 Å². The Bertz CT molecular complexity index is 322. The van der Waals surface area contributed by atoms with Gasteiger partial charge in [-0.05, 0) is 45.0 Å². The lowest BCUT2D eigenvalue weighted by atomic mass is 9.99. The first-order valence-corrected chi connectivity index (χ1v) is 5.99. The number of pyridine rings is 1. The van der Waals surface area contributed by atoms with Gasteiger partial charge in [0.05, 0.1) is 11.7 Å². The molecular formula is C13H20N2. The molecule has 0 aliphatic carbocycles. The van der Waals surface area contributed by atoms with Gasteiger partial charge in [0.2, 0.25) is 0 Å². The zero-order valence-corrected chi connectivity index (χ0v) is 9.74. The highest BCUT2D eigenvalue weighted by molar-refractivity contribution is 5.14. The van der Waals surface area contributed by atoms with Crippen LogP contribution < -0.4 is 0 Å². The quantitative estimate of drug-likeness (QED) is 0.736. The van der Waals surface area contributed by atoms with E-state index in [1.165, 1.54) is 31.5 Å². The first-order chi connectivity index (χ1) is 7.31. The van der Waals surface area contributed by atoms with Crippen LogP contribution in [-0.4, -0.2) is 23.0 Å². The van der Waals surface area contributed by atoms with Gasteiger partial charge in [-0.3, -0.25) is 9.88 Å². The van der Waals surface area contributed by atoms with Crippen molar-refractivity contribution in [3.8, 4) is 0 Å². The van der Waals surface area contributed by atoms with Crippen molar-refractivity contribution in [3.63, 3.8) is 0 Å². The number of nitrogens with zero attached hydrogens (tertiary/aromatic N) is 2. The molecule has 1 saturated heterocycles. The molecule has 0 amide bonds. The second-order valence-electron chi connectivity index (χ2n) is 4.34. The summed E-state index contributed by atoms with van der Waals surface area (Å²) in [7, 11) is 0. The lowest BCUT2D eigenvalue weighted by Gasteiger charge is -2.34. The largest absolute Gasteiger partial charge is 0.295 e. The van der Waals surface area contributed by atoms with Crippen molar-refractivity contribution in [2.45, 2.75) is 39.2 Å². The maximum absolute atomic E-state index is 4.65. The topological polar surface area (TPSA) is 16.1 Å². The van der Waals surface area contributed by atoms with E-state index in [0.717, 1.165) is 12.2 Å². The SMILES string of the molecule is CCN1CCCC[C@@H]1c1cccc(C)n1. The van der Waals surface area contributed by atoms with E-state index in [4.69, 9.17) is 0 Å². The van der Waals surface area contributed by atoms with Gasteiger partial charge in [-0.1, -0.05) is 19.4 Å². The van der Waals surface area contributed by atoms with Crippen molar-refractivity contribution in [2.75, 3.05) is 13.1 Å². The number of rotatable bonds is 2. The van der Waals surface area contributed by atoms with Crippen molar-refractivity contribution in [3.05, 3.63) is 29.6 Å². The van der Waals surface area contributed by atoms with Crippen LogP contribution in [0.3, 0.4) is 0 Å². The highest BCUT2D eigenvalue weighted by Crippen LogP contribution is 2.29. The fourth-order valence-electron chi connectivity index (χ4n) is 2.45. The van der Waals surface area contributed by atoms with Crippen LogP contribution in [0.2, 0.25) is 0 Å². The third kappa shape index (κ3) is 2.37. The molecule has 1 aromatic rings. The third-order valence-corrected chi connectivity index (χ3v) is 3.27. The molecule has 1 aliphatic heterocycles. The van der Waals surface area contributed by atoms with Gasteiger partial charge in [0.25, 0.3) is 0 Å². The molecule has 0 N–H and O–H groups in total. The molecule has 2 heteroatoms. The van der Waals surface area contributed by atoms with Gasteiger partial charge in [-0.25, -0.2) is 0 Å². The molecular weight excluding hydrogens is 184 g/mol. The summed E-state index contributed by atoms with van der Waals surface area (Å²) in [5.41, 5.74) is 2.39. The van der Waals surface area contributed by atoms with E-state index in [2.05, 4.69) is 41.9 Å². The summed E-state index contributed by atoms with van der Waals surface area (Å²) >= 11 is 0. The minimum atomic E-state index is 0.559. The van der Waals surface area contributed by atoms with E-state index in [0.29, 0.717) is 6.04 Å². The van der Waals surface area contributed by atoms with Crippen molar-refractivity contribution in [1.29, 1.82) is 0 Å². The van der Waals surface area contributed by atoms with Gasteiger partial charge >= 0.3 is 0 Å². The fraction of sp³-hybridized carbons (Fsp3) is 0.615. The van der Waals surface area contributed by atoms with Gasteiger partial charge in [0.15, 0.2) is 0 Å². The van der Waals surface area contributed by atoms with Gasteiger partial charge < -0.3 is 0 Å². The summed E-state index contributed by atoms with van der Waals surface area (Å²) in [4.78, 5) is 7.20. The lowest BCUT2D eigenvalue weighted by molar-refractivity contribution is 0.153. The summed E-state index contributed by atoms with van der Waals surface area (Å²) in [6.07, 6.45) is 3.96. The van der Waals surface area contributed by atoms with Crippen LogP contribution in [0.5, 0.6) is 0 Å². The van der Waals surface area contributed by atoms with E-state index in [9.17, 15) is 0 Å². The van der Waals surface area contributed by atoms with Crippen LogP contribution in [0.1, 0.15) is 43.6 Å². The average molecular weight is 204 g/mol. The van der Waals surface area contributed by atoms with Crippen molar-refractivity contribution in [2.24, 2.45) is 0 Å². The number of aryl methyl sites for hydroxylation is 1. The number of hydrogen-bond donors (Lipinski definition) is 0. The molecule has 1 atom stereocenters. The molecule has 0 radical (unpaired) electrons. The monoisotopic (exact) mass is 204 g/mol. The fourth-order valence-corrected chi connectivity index (χ4v) is 2.45. The molecule has 0 spiro atoms. The zero-order chi connectivity index (χ0) is 10.7. The van der Waals surface area contributed by atoms with Crippen molar-refractivity contribution < 1.29 is 0 Å². The molecule has 0 aromatic carbocycles. The molecule has 2 rings (SSSR count). The first kappa shape index (κ1) is 10.6. The Labute approximate surface area is 92.3 Å². The van der Waals surface area contributed by atoms with Crippen molar-refractivity contribution in [1.82, 2.24) is 9.88 Å². The third-order valence-electron chi connectivity index (χ3n) is 3.27.